The molecule has 2 aromatic rings. The number of amides is 1. The number of hydrogen-bond donors (Lipinski definition) is 1. The number of carbonyl (C=O) groups excluding carboxylic acids is 1. The van der Waals surface area contributed by atoms with Gasteiger partial charge in [-0.15, -0.1) is 0 Å². The van der Waals surface area contributed by atoms with Gasteiger partial charge in [-0.25, -0.2) is 0 Å². The number of carbonyl (C=O) groups is 1. The molecule has 0 unspecified atom stereocenters. The molecule has 1 aliphatic rings. The first kappa shape index (κ1) is 14.0. The molecule has 2 aromatic carbocycles. The van der Waals surface area contributed by atoms with Gasteiger partial charge in [0.15, 0.2) is 0 Å². The van der Waals surface area contributed by atoms with E-state index in [1.807, 2.05) is 36.4 Å². The molecule has 4 heteroatoms. The third kappa shape index (κ3) is 3.76. The third-order valence-corrected chi connectivity index (χ3v) is 3.73. The van der Waals surface area contributed by atoms with Crippen molar-refractivity contribution in [2.45, 2.75) is 25.5 Å². The van der Waals surface area contributed by atoms with Gasteiger partial charge in [-0.2, -0.15) is 0 Å². The number of benzene rings is 2. The summed E-state index contributed by atoms with van der Waals surface area (Å²) in [5.41, 5.74) is 1.55. The van der Waals surface area contributed by atoms with Crippen LogP contribution in [0, 0.1) is 0 Å². The highest BCUT2D eigenvalue weighted by Crippen LogP contribution is 2.21. The molecule has 21 heavy (non-hydrogen) atoms. The fourth-order valence-electron chi connectivity index (χ4n) is 2.00. The molecule has 0 aliphatic heterocycles. The van der Waals surface area contributed by atoms with E-state index in [1.54, 1.807) is 12.1 Å². The van der Waals surface area contributed by atoms with Crippen molar-refractivity contribution in [2.75, 3.05) is 0 Å². The van der Waals surface area contributed by atoms with Gasteiger partial charge >= 0.3 is 0 Å². The topological polar surface area (TPSA) is 38.3 Å². The Kier molecular flexibility index (Phi) is 4.11. The summed E-state index contributed by atoms with van der Waals surface area (Å²) < 4.78 is 5.72. The molecule has 108 valence electrons. The van der Waals surface area contributed by atoms with E-state index in [0.29, 0.717) is 29.0 Å². The van der Waals surface area contributed by atoms with Crippen molar-refractivity contribution in [1.29, 1.82) is 0 Å². The van der Waals surface area contributed by atoms with Crippen molar-refractivity contribution in [2.24, 2.45) is 0 Å². The summed E-state index contributed by atoms with van der Waals surface area (Å²) >= 11 is 6.09. The van der Waals surface area contributed by atoms with Crippen LogP contribution in [0.4, 0.5) is 0 Å². The lowest BCUT2D eigenvalue weighted by molar-refractivity contribution is 0.0950. The Morgan fingerprint density at radius 1 is 1.19 bits per heavy atom. The molecule has 0 aromatic heterocycles. The van der Waals surface area contributed by atoms with E-state index in [1.165, 1.54) is 0 Å². The first-order valence-electron chi connectivity index (χ1n) is 6.99. The van der Waals surface area contributed by atoms with Crippen LogP contribution >= 0.6 is 11.6 Å². The summed E-state index contributed by atoms with van der Waals surface area (Å²) in [6.45, 7) is 0.382. The van der Waals surface area contributed by atoms with Gasteiger partial charge in [0.1, 0.15) is 12.4 Å². The number of halogens is 1. The zero-order valence-corrected chi connectivity index (χ0v) is 12.3. The van der Waals surface area contributed by atoms with Crippen molar-refractivity contribution in [3.05, 3.63) is 64.7 Å². The van der Waals surface area contributed by atoms with E-state index in [9.17, 15) is 4.79 Å². The molecule has 0 atom stereocenters. The second-order valence-corrected chi connectivity index (χ2v) is 5.56. The predicted octanol–water partition coefficient (Wildman–Crippen LogP) is 3.81. The second kappa shape index (κ2) is 6.19. The maximum atomic E-state index is 12.0. The van der Waals surface area contributed by atoms with Crippen LogP contribution in [0.5, 0.6) is 5.75 Å². The molecule has 1 saturated carbocycles. The van der Waals surface area contributed by atoms with Crippen LogP contribution in [0.15, 0.2) is 48.5 Å². The number of nitrogens with one attached hydrogen (secondary N) is 1. The van der Waals surface area contributed by atoms with E-state index >= 15 is 0 Å². The standard InChI is InChI=1S/C17H16ClNO2/c18-16-7-2-1-4-13(16)11-21-15-6-3-5-12(10-15)17(20)19-14-8-9-14/h1-7,10,14H,8-9,11H2,(H,19,20). The van der Waals surface area contributed by atoms with Crippen LogP contribution in [0.1, 0.15) is 28.8 Å². The smallest absolute Gasteiger partial charge is 0.251 e. The molecule has 0 radical (unpaired) electrons. The summed E-state index contributed by atoms with van der Waals surface area (Å²) in [5.74, 6) is 0.624. The van der Waals surface area contributed by atoms with E-state index in [0.717, 1.165) is 18.4 Å². The number of hydrogen-bond acceptors (Lipinski definition) is 2. The minimum atomic E-state index is -0.0410. The van der Waals surface area contributed by atoms with E-state index in [2.05, 4.69) is 5.32 Å². The lowest BCUT2D eigenvalue weighted by Crippen LogP contribution is -2.25. The van der Waals surface area contributed by atoms with Crippen LogP contribution < -0.4 is 10.1 Å². The molecular formula is C17H16ClNO2. The average Bonchev–Trinajstić information content (AvgIpc) is 3.31. The molecule has 1 aliphatic carbocycles. The minimum absolute atomic E-state index is 0.0410. The van der Waals surface area contributed by atoms with Crippen molar-refractivity contribution >= 4 is 17.5 Å². The van der Waals surface area contributed by atoms with Gasteiger partial charge < -0.3 is 10.1 Å². The van der Waals surface area contributed by atoms with Gasteiger partial charge in [0.25, 0.3) is 5.91 Å². The first-order chi connectivity index (χ1) is 10.2. The SMILES string of the molecule is O=C(NC1CC1)c1cccc(OCc2ccccc2Cl)c1. The van der Waals surface area contributed by atoms with Crippen LogP contribution in [-0.4, -0.2) is 11.9 Å². The molecule has 3 rings (SSSR count). The Morgan fingerprint density at radius 3 is 2.76 bits per heavy atom. The summed E-state index contributed by atoms with van der Waals surface area (Å²) in [5, 5.41) is 3.65. The van der Waals surface area contributed by atoms with Crippen molar-refractivity contribution in [3.8, 4) is 5.75 Å². The summed E-state index contributed by atoms with van der Waals surface area (Å²) in [4.78, 5) is 12.0. The van der Waals surface area contributed by atoms with Gasteiger partial charge in [0.05, 0.1) is 0 Å². The normalized spacial score (nSPS) is 13.8. The van der Waals surface area contributed by atoms with Gasteiger partial charge in [-0.3, -0.25) is 4.79 Å². The van der Waals surface area contributed by atoms with Crippen LogP contribution in [0.25, 0.3) is 0 Å². The maximum Gasteiger partial charge on any atom is 0.251 e. The number of ether oxygens (including phenoxy) is 1. The van der Waals surface area contributed by atoms with Gasteiger partial charge in [0.2, 0.25) is 0 Å². The first-order valence-corrected chi connectivity index (χ1v) is 7.37. The number of rotatable bonds is 5. The molecule has 0 bridgehead atoms. The van der Waals surface area contributed by atoms with Crippen molar-refractivity contribution < 1.29 is 9.53 Å². The van der Waals surface area contributed by atoms with Crippen molar-refractivity contribution in [1.82, 2.24) is 5.32 Å². The lowest BCUT2D eigenvalue weighted by atomic mass is 10.2. The van der Waals surface area contributed by atoms with Gasteiger partial charge in [-0.1, -0.05) is 35.9 Å². The molecule has 3 nitrogen and oxygen atoms in total. The largest absolute Gasteiger partial charge is 0.489 e. The zero-order valence-electron chi connectivity index (χ0n) is 11.5. The Hall–Kier alpha value is -2.00. The van der Waals surface area contributed by atoms with E-state index < -0.39 is 0 Å². The quantitative estimate of drug-likeness (QED) is 0.912. The third-order valence-electron chi connectivity index (χ3n) is 3.36. The highest BCUT2D eigenvalue weighted by Gasteiger charge is 2.23. The fraction of sp³-hybridized carbons (Fsp3) is 0.235. The molecular weight excluding hydrogens is 286 g/mol. The predicted molar refractivity (Wildman–Crippen MR) is 82.7 cm³/mol. The van der Waals surface area contributed by atoms with Crippen molar-refractivity contribution in [3.63, 3.8) is 0 Å². The maximum absolute atomic E-state index is 12.0. The monoisotopic (exact) mass is 301 g/mol. The average molecular weight is 302 g/mol. The van der Waals surface area contributed by atoms with Crippen LogP contribution in [-0.2, 0) is 6.61 Å². The Balaban J connectivity index is 1.65. The summed E-state index contributed by atoms with van der Waals surface area (Å²) in [6, 6.07) is 15.1. The summed E-state index contributed by atoms with van der Waals surface area (Å²) in [7, 11) is 0. The molecule has 1 N–H and O–H groups in total. The van der Waals surface area contributed by atoms with Gasteiger partial charge in [0, 0.05) is 22.2 Å². The highest BCUT2D eigenvalue weighted by molar-refractivity contribution is 6.31. The molecule has 1 amide bonds. The molecule has 0 spiro atoms. The van der Waals surface area contributed by atoms with Gasteiger partial charge in [-0.05, 0) is 37.1 Å². The highest BCUT2D eigenvalue weighted by atomic mass is 35.5. The Morgan fingerprint density at radius 2 is 2.00 bits per heavy atom. The van der Waals surface area contributed by atoms with E-state index in [4.69, 9.17) is 16.3 Å². The second-order valence-electron chi connectivity index (χ2n) is 5.16. The summed E-state index contributed by atoms with van der Waals surface area (Å²) in [6.07, 6.45) is 2.16. The fourth-order valence-corrected chi connectivity index (χ4v) is 2.19. The van der Waals surface area contributed by atoms with E-state index in [-0.39, 0.29) is 5.91 Å². The molecule has 0 saturated heterocycles. The zero-order chi connectivity index (χ0) is 14.7. The van der Waals surface area contributed by atoms with Crippen LogP contribution in [0.2, 0.25) is 5.02 Å². The van der Waals surface area contributed by atoms with Crippen LogP contribution in [0.3, 0.4) is 0 Å². The molecule has 1 fully saturated rings. The lowest BCUT2D eigenvalue weighted by Gasteiger charge is -2.09. The Bertz CT molecular complexity index is 653. The Labute approximate surface area is 128 Å². The molecule has 0 heterocycles. The minimum Gasteiger partial charge on any atom is -0.489 e.